The molecule has 6 heteroatoms. The van der Waals surface area contributed by atoms with Crippen LogP contribution in [0.3, 0.4) is 0 Å². The van der Waals surface area contributed by atoms with E-state index in [9.17, 15) is 4.79 Å². The normalized spacial score (nSPS) is 12.5. The second-order valence-electron chi connectivity index (χ2n) is 2.85. The van der Waals surface area contributed by atoms with Crippen molar-refractivity contribution in [3.63, 3.8) is 0 Å². The highest BCUT2D eigenvalue weighted by atomic mass is 35.5. The molecule has 0 bridgehead atoms. The van der Waals surface area contributed by atoms with Crippen LogP contribution in [0, 0.1) is 0 Å². The molecular formula is C9H12ClNO3S. The van der Waals surface area contributed by atoms with Crippen molar-refractivity contribution in [2.24, 2.45) is 0 Å². The van der Waals surface area contributed by atoms with Gasteiger partial charge in [-0.25, -0.2) is 0 Å². The van der Waals surface area contributed by atoms with Gasteiger partial charge >= 0.3 is 0 Å². The highest BCUT2D eigenvalue weighted by molar-refractivity contribution is 7.17. The first-order chi connectivity index (χ1) is 7.17. The molecule has 0 aromatic carbocycles. The SMILES string of the molecule is CO[C@H](CO)CNC(=O)c1ccc(Cl)s1. The van der Waals surface area contributed by atoms with Crippen LogP contribution < -0.4 is 5.32 Å². The van der Waals surface area contributed by atoms with Gasteiger partial charge in [-0.1, -0.05) is 11.6 Å². The Bertz CT molecular complexity index is 325. The number of amides is 1. The van der Waals surface area contributed by atoms with Gasteiger partial charge in [0.2, 0.25) is 0 Å². The summed E-state index contributed by atoms with van der Waals surface area (Å²) in [6, 6.07) is 3.32. The Hall–Kier alpha value is -0.620. The fraction of sp³-hybridized carbons (Fsp3) is 0.444. The number of nitrogens with one attached hydrogen (secondary N) is 1. The fourth-order valence-corrected chi connectivity index (χ4v) is 1.91. The molecule has 84 valence electrons. The molecule has 4 nitrogen and oxygen atoms in total. The van der Waals surface area contributed by atoms with Crippen LogP contribution in [-0.2, 0) is 4.74 Å². The predicted molar refractivity (Wildman–Crippen MR) is 59.5 cm³/mol. The Morgan fingerprint density at radius 1 is 1.73 bits per heavy atom. The van der Waals surface area contributed by atoms with Crippen molar-refractivity contribution in [1.29, 1.82) is 0 Å². The van der Waals surface area contributed by atoms with Gasteiger partial charge in [-0.15, -0.1) is 11.3 Å². The lowest BCUT2D eigenvalue weighted by Crippen LogP contribution is -2.34. The number of hydrogen-bond acceptors (Lipinski definition) is 4. The number of halogens is 1. The Morgan fingerprint density at radius 3 is 2.93 bits per heavy atom. The summed E-state index contributed by atoms with van der Waals surface area (Å²) in [4.78, 5) is 12.0. The van der Waals surface area contributed by atoms with E-state index in [-0.39, 0.29) is 25.2 Å². The summed E-state index contributed by atoms with van der Waals surface area (Å²) in [7, 11) is 1.48. The topological polar surface area (TPSA) is 58.6 Å². The molecule has 0 fully saturated rings. The van der Waals surface area contributed by atoms with Gasteiger partial charge < -0.3 is 15.2 Å². The van der Waals surface area contributed by atoms with Gasteiger partial charge in [0.25, 0.3) is 5.91 Å². The first kappa shape index (κ1) is 12.4. The number of methoxy groups -OCH3 is 1. The van der Waals surface area contributed by atoms with Crippen LogP contribution in [0.15, 0.2) is 12.1 Å². The Morgan fingerprint density at radius 2 is 2.47 bits per heavy atom. The van der Waals surface area contributed by atoms with Crippen LogP contribution in [0.4, 0.5) is 0 Å². The minimum atomic E-state index is -0.371. The second-order valence-corrected chi connectivity index (χ2v) is 4.57. The quantitative estimate of drug-likeness (QED) is 0.823. The zero-order valence-electron chi connectivity index (χ0n) is 8.20. The van der Waals surface area contributed by atoms with E-state index in [0.29, 0.717) is 9.21 Å². The molecule has 0 saturated carbocycles. The molecule has 1 aromatic heterocycles. The predicted octanol–water partition coefficient (Wildman–Crippen LogP) is 1.14. The molecule has 2 N–H and O–H groups in total. The van der Waals surface area contributed by atoms with Gasteiger partial charge in [0.15, 0.2) is 0 Å². The van der Waals surface area contributed by atoms with Gasteiger partial charge in [-0.2, -0.15) is 0 Å². The summed E-state index contributed by atoms with van der Waals surface area (Å²) in [6.07, 6.45) is -0.371. The molecule has 1 amide bonds. The van der Waals surface area contributed by atoms with Crippen molar-refractivity contribution in [3.8, 4) is 0 Å². The molecule has 0 aliphatic heterocycles. The molecule has 0 saturated heterocycles. The largest absolute Gasteiger partial charge is 0.394 e. The monoisotopic (exact) mass is 249 g/mol. The van der Waals surface area contributed by atoms with Crippen LogP contribution in [0.5, 0.6) is 0 Å². The van der Waals surface area contributed by atoms with E-state index in [1.165, 1.54) is 18.4 Å². The molecule has 1 heterocycles. The van der Waals surface area contributed by atoms with Gasteiger partial charge in [-0.3, -0.25) is 4.79 Å². The molecule has 0 aliphatic carbocycles. The highest BCUT2D eigenvalue weighted by Crippen LogP contribution is 2.20. The molecule has 0 radical (unpaired) electrons. The van der Waals surface area contributed by atoms with E-state index in [1.54, 1.807) is 12.1 Å². The third-order valence-electron chi connectivity index (χ3n) is 1.82. The highest BCUT2D eigenvalue weighted by Gasteiger charge is 2.11. The third kappa shape index (κ3) is 3.79. The van der Waals surface area contributed by atoms with E-state index in [1.807, 2.05) is 0 Å². The van der Waals surface area contributed by atoms with Crippen LogP contribution in [0.25, 0.3) is 0 Å². The summed E-state index contributed by atoms with van der Waals surface area (Å²) >= 11 is 6.91. The molecule has 1 atom stereocenters. The van der Waals surface area contributed by atoms with Crippen molar-refractivity contribution >= 4 is 28.8 Å². The van der Waals surface area contributed by atoms with Crippen LogP contribution in [-0.4, -0.2) is 37.4 Å². The lowest BCUT2D eigenvalue weighted by molar-refractivity contribution is 0.0475. The Balaban J connectivity index is 2.42. The zero-order chi connectivity index (χ0) is 11.3. The maximum absolute atomic E-state index is 11.5. The van der Waals surface area contributed by atoms with E-state index < -0.39 is 0 Å². The number of aliphatic hydroxyl groups excluding tert-OH is 1. The van der Waals surface area contributed by atoms with Crippen molar-refractivity contribution in [3.05, 3.63) is 21.3 Å². The van der Waals surface area contributed by atoms with Crippen LogP contribution >= 0.6 is 22.9 Å². The van der Waals surface area contributed by atoms with Gasteiger partial charge in [-0.05, 0) is 12.1 Å². The van der Waals surface area contributed by atoms with Gasteiger partial charge in [0.05, 0.1) is 21.9 Å². The van der Waals surface area contributed by atoms with E-state index in [2.05, 4.69) is 5.32 Å². The van der Waals surface area contributed by atoms with Crippen molar-refractivity contribution in [2.45, 2.75) is 6.10 Å². The third-order valence-corrected chi connectivity index (χ3v) is 3.05. The summed E-state index contributed by atoms with van der Waals surface area (Å²) in [5, 5.41) is 11.5. The summed E-state index contributed by atoms with van der Waals surface area (Å²) in [6.45, 7) is 0.156. The van der Waals surface area contributed by atoms with E-state index >= 15 is 0 Å². The summed E-state index contributed by atoms with van der Waals surface area (Å²) < 4.78 is 5.48. The van der Waals surface area contributed by atoms with Gasteiger partial charge in [0.1, 0.15) is 0 Å². The lowest BCUT2D eigenvalue weighted by atomic mass is 10.3. The Kier molecular flexibility index (Phi) is 5.04. The standard InChI is InChI=1S/C9H12ClNO3S/c1-14-6(5-12)4-11-9(13)7-2-3-8(10)15-7/h2-3,6,12H,4-5H2,1H3,(H,11,13)/t6-/m0/s1. The number of carbonyl (C=O) groups is 1. The van der Waals surface area contributed by atoms with Crippen LogP contribution in [0.1, 0.15) is 9.67 Å². The zero-order valence-corrected chi connectivity index (χ0v) is 9.77. The van der Waals surface area contributed by atoms with E-state index in [0.717, 1.165) is 0 Å². The molecular weight excluding hydrogens is 238 g/mol. The first-order valence-corrected chi connectivity index (χ1v) is 5.54. The number of thiophene rings is 1. The summed E-state index contributed by atoms with van der Waals surface area (Å²) in [5.41, 5.74) is 0. The molecule has 15 heavy (non-hydrogen) atoms. The van der Waals surface area contributed by atoms with Crippen LogP contribution in [0.2, 0.25) is 4.34 Å². The lowest BCUT2D eigenvalue weighted by Gasteiger charge is -2.12. The second kappa shape index (κ2) is 6.07. The molecule has 1 aromatic rings. The maximum atomic E-state index is 11.5. The average molecular weight is 250 g/mol. The maximum Gasteiger partial charge on any atom is 0.261 e. The number of ether oxygens (including phenoxy) is 1. The minimum Gasteiger partial charge on any atom is -0.394 e. The smallest absolute Gasteiger partial charge is 0.261 e. The number of aliphatic hydroxyl groups is 1. The number of hydrogen-bond donors (Lipinski definition) is 2. The minimum absolute atomic E-state index is 0.123. The molecule has 0 aliphatic rings. The molecule has 1 rings (SSSR count). The molecule has 0 spiro atoms. The fourth-order valence-electron chi connectivity index (χ4n) is 0.952. The summed E-state index contributed by atoms with van der Waals surface area (Å²) in [5.74, 6) is -0.206. The number of rotatable bonds is 5. The van der Waals surface area contributed by atoms with Crippen molar-refractivity contribution < 1.29 is 14.6 Å². The average Bonchev–Trinajstić information content (AvgIpc) is 2.66. The number of carbonyl (C=O) groups excluding carboxylic acids is 1. The van der Waals surface area contributed by atoms with Crippen molar-refractivity contribution in [1.82, 2.24) is 5.32 Å². The first-order valence-electron chi connectivity index (χ1n) is 4.34. The van der Waals surface area contributed by atoms with E-state index in [4.69, 9.17) is 21.4 Å². The van der Waals surface area contributed by atoms with Crippen molar-refractivity contribution in [2.75, 3.05) is 20.3 Å². The van der Waals surface area contributed by atoms with Gasteiger partial charge in [0, 0.05) is 13.7 Å². The molecule has 0 unspecified atom stereocenters. The Labute approximate surface area is 96.8 Å².